The summed E-state index contributed by atoms with van der Waals surface area (Å²) in [5, 5.41) is 2.87. The Labute approximate surface area is 113 Å². The summed E-state index contributed by atoms with van der Waals surface area (Å²) in [6.45, 7) is 1.50. The van der Waals surface area contributed by atoms with Crippen molar-refractivity contribution < 1.29 is 4.79 Å². The van der Waals surface area contributed by atoms with Crippen molar-refractivity contribution in [2.45, 2.75) is 6.42 Å². The van der Waals surface area contributed by atoms with Crippen LogP contribution >= 0.6 is 12.2 Å². The monoisotopic (exact) mass is 265 g/mol. The van der Waals surface area contributed by atoms with E-state index in [4.69, 9.17) is 18.0 Å². The van der Waals surface area contributed by atoms with Crippen LogP contribution in [0.5, 0.6) is 0 Å². The molecule has 0 radical (unpaired) electrons. The quantitative estimate of drug-likeness (QED) is 0.737. The minimum Gasteiger partial charge on any atom is -0.389 e. The molecule has 5 heteroatoms. The topological polar surface area (TPSA) is 58.4 Å². The van der Waals surface area contributed by atoms with Crippen molar-refractivity contribution in [3.63, 3.8) is 0 Å². The highest BCUT2D eigenvalue weighted by molar-refractivity contribution is 7.80. The molecule has 0 aromatic heterocycles. The van der Waals surface area contributed by atoms with Crippen molar-refractivity contribution in [1.82, 2.24) is 10.2 Å². The third-order valence-electron chi connectivity index (χ3n) is 2.48. The zero-order chi connectivity index (χ0) is 13.5. The van der Waals surface area contributed by atoms with Crippen LogP contribution in [0.2, 0.25) is 0 Å². The standard InChI is InChI=1S/C13H19N3OS/c1-16(2)8-7-15-12(17)9-10-3-5-11(6-4-10)13(14)18/h3-6H,7-9H2,1-2H3,(H2,14,18)(H,15,17). The van der Waals surface area contributed by atoms with Crippen LogP contribution in [0.4, 0.5) is 0 Å². The smallest absolute Gasteiger partial charge is 0.224 e. The van der Waals surface area contributed by atoms with Crippen LogP contribution in [0.3, 0.4) is 0 Å². The Morgan fingerprint density at radius 3 is 2.44 bits per heavy atom. The summed E-state index contributed by atoms with van der Waals surface area (Å²) < 4.78 is 0. The zero-order valence-corrected chi connectivity index (χ0v) is 11.6. The van der Waals surface area contributed by atoms with Gasteiger partial charge >= 0.3 is 0 Å². The van der Waals surface area contributed by atoms with Crippen LogP contribution in [0.15, 0.2) is 24.3 Å². The molecular weight excluding hydrogens is 246 g/mol. The Hall–Kier alpha value is -1.46. The van der Waals surface area contributed by atoms with Crippen molar-refractivity contribution in [3.05, 3.63) is 35.4 Å². The first-order chi connectivity index (χ1) is 8.49. The lowest BCUT2D eigenvalue weighted by Gasteiger charge is -2.10. The first-order valence-electron chi connectivity index (χ1n) is 5.79. The Bertz CT molecular complexity index is 415. The second kappa shape index (κ2) is 7.08. The molecule has 1 aromatic carbocycles. The van der Waals surface area contributed by atoms with Gasteiger partial charge in [0, 0.05) is 18.7 Å². The van der Waals surface area contributed by atoms with E-state index in [0.717, 1.165) is 17.7 Å². The number of nitrogens with zero attached hydrogens (tertiary/aromatic N) is 1. The van der Waals surface area contributed by atoms with E-state index in [1.54, 1.807) is 0 Å². The number of nitrogens with two attached hydrogens (primary N) is 1. The normalized spacial score (nSPS) is 10.4. The zero-order valence-electron chi connectivity index (χ0n) is 10.8. The molecule has 1 rings (SSSR count). The van der Waals surface area contributed by atoms with Crippen molar-refractivity contribution in [2.75, 3.05) is 27.2 Å². The molecule has 0 aliphatic heterocycles. The largest absolute Gasteiger partial charge is 0.389 e. The van der Waals surface area contributed by atoms with Crippen molar-refractivity contribution in [3.8, 4) is 0 Å². The molecule has 0 bridgehead atoms. The predicted molar refractivity (Wildman–Crippen MR) is 77.6 cm³/mol. The van der Waals surface area contributed by atoms with Gasteiger partial charge in [0.2, 0.25) is 5.91 Å². The summed E-state index contributed by atoms with van der Waals surface area (Å²) >= 11 is 4.87. The van der Waals surface area contributed by atoms with E-state index in [1.165, 1.54) is 0 Å². The summed E-state index contributed by atoms with van der Waals surface area (Å²) in [5.41, 5.74) is 7.28. The van der Waals surface area contributed by atoms with Gasteiger partial charge in [-0.1, -0.05) is 36.5 Å². The molecule has 1 amide bonds. The Morgan fingerprint density at radius 1 is 1.33 bits per heavy atom. The van der Waals surface area contributed by atoms with E-state index in [1.807, 2.05) is 43.3 Å². The number of benzene rings is 1. The van der Waals surface area contributed by atoms with Gasteiger partial charge in [0.1, 0.15) is 4.99 Å². The van der Waals surface area contributed by atoms with Gasteiger partial charge in [0.25, 0.3) is 0 Å². The minimum atomic E-state index is 0.0277. The third-order valence-corrected chi connectivity index (χ3v) is 2.72. The highest BCUT2D eigenvalue weighted by atomic mass is 32.1. The maximum absolute atomic E-state index is 11.6. The fourth-order valence-corrected chi connectivity index (χ4v) is 1.59. The van der Waals surface area contributed by atoms with Gasteiger partial charge < -0.3 is 16.0 Å². The second-order valence-corrected chi connectivity index (χ2v) is 4.83. The molecule has 0 spiro atoms. The van der Waals surface area contributed by atoms with Gasteiger partial charge in [-0.15, -0.1) is 0 Å². The van der Waals surface area contributed by atoms with E-state index < -0.39 is 0 Å². The number of amides is 1. The minimum absolute atomic E-state index is 0.0277. The first kappa shape index (κ1) is 14.6. The van der Waals surface area contributed by atoms with Gasteiger partial charge in [0.15, 0.2) is 0 Å². The molecule has 0 heterocycles. The predicted octanol–water partition coefficient (Wildman–Crippen LogP) is 0.541. The van der Waals surface area contributed by atoms with Crippen LogP contribution in [0.1, 0.15) is 11.1 Å². The highest BCUT2D eigenvalue weighted by Gasteiger charge is 2.03. The number of nitrogens with one attached hydrogen (secondary N) is 1. The third kappa shape index (κ3) is 5.25. The average molecular weight is 265 g/mol. The Balaban J connectivity index is 2.42. The molecule has 0 saturated carbocycles. The SMILES string of the molecule is CN(C)CCNC(=O)Cc1ccc(C(N)=S)cc1. The van der Waals surface area contributed by atoms with Crippen molar-refractivity contribution >= 4 is 23.1 Å². The van der Waals surface area contributed by atoms with E-state index in [0.29, 0.717) is 18.0 Å². The van der Waals surface area contributed by atoms with Crippen LogP contribution in [-0.2, 0) is 11.2 Å². The molecule has 98 valence electrons. The number of rotatable bonds is 6. The lowest BCUT2D eigenvalue weighted by atomic mass is 10.1. The van der Waals surface area contributed by atoms with E-state index in [2.05, 4.69) is 5.32 Å². The van der Waals surface area contributed by atoms with Crippen molar-refractivity contribution in [2.24, 2.45) is 5.73 Å². The lowest BCUT2D eigenvalue weighted by Crippen LogP contribution is -2.32. The molecule has 18 heavy (non-hydrogen) atoms. The molecular formula is C13H19N3OS. The molecule has 0 unspecified atom stereocenters. The van der Waals surface area contributed by atoms with E-state index >= 15 is 0 Å². The van der Waals surface area contributed by atoms with Gasteiger partial charge in [-0.05, 0) is 19.7 Å². The van der Waals surface area contributed by atoms with Crippen LogP contribution in [0.25, 0.3) is 0 Å². The maximum Gasteiger partial charge on any atom is 0.224 e. The Morgan fingerprint density at radius 2 is 1.94 bits per heavy atom. The highest BCUT2D eigenvalue weighted by Crippen LogP contribution is 2.05. The van der Waals surface area contributed by atoms with Crippen LogP contribution < -0.4 is 11.1 Å². The molecule has 0 fully saturated rings. The molecule has 0 aliphatic carbocycles. The first-order valence-corrected chi connectivity index (χ1v) is 6.20. The van der Waals surface area contributed by atoms with Crippen molar-refractivity contribution in [1.29, 1.82) is 0 Å². The maximum atomic E-state index is 11.6. The van der Waals surface area contributed by atoms with Gasteiger partial charge in [-0.3, -0.25) is 4.79 Å². The van der Waals surface area contributed by atoms with E-state index in [-0.39, 0.29) is 5.91 Å². The summed E-state index contributed by atoms with van der Waals surface area (Å²) in [6, 6.07) is 7.43. The molecule has 0 atom stereocenters. The number of thiocarbonyl (C=S) groups is 1. The fourth-order valence-electron chi connectivity index (χ4n) is 1.45. The molecule has 1 aromatic rings. The summed E-state index contributed by atoms with van der Waals surface area (Å²) in [4.78, 5) is 14.0. The van der Waals surface area contributed by atoms with Gasteiger partial charge in [-0.2, -0.15) is 0 Å². The van der Waals surface area contributed by atoms with Crippen LogP contribution in [-0.4, -0.2) is 43.0 Å². The van der Waals surface area contributed by atoms with E-state index in [9.17, 15) is 4.79 Å². The summed E-state index contributed by atoms with van der Waals surface area (Å²) in [6.07, 6.45) is 0.380. The Kier molecular flexibility index (Phi) is 5.74. The fraction of sp³-hybridized carbons (Fsp3) is 0.385. The second-order valence-electron chi connectivity index (χ2n) is 4.39. The molecule has 3 N–H and O–H groups in total. The van der Waals surface area contributed by atoms with Gasteiger partial charge in [0.05, 0.1) is 6.42 Å². The molecule has 0 aliphatic rings. The van der Waals surface area contributed by atoms with Crippen LogP contribution in [0, 0.1) is 0 Å². The number of carbonyl (C=O) groups excluding carboxylic acids is 1. The average Bonchev–Trinajstić information content (AvgIpc) is 2.29. The lowest BCUT2D eigenvalue weighted by molar-refractivity contribution is -0.120. The summed E-state index contributed by atoms with van der Waals surface area (Å²) in [7, 11) is 3.95. The van der Waals surface area contributed by atoms with Gasteiger partial charge in [-0.25, -0.2) is 0 Å². The number of hydrogen-bond donors (Lipinski definition) is 2. The number of likely N-dealkylation sites (N-methyl/N-ethyl adjacent to an activating group) is 1. The number of hydrogen-bond acceptors (Lipinski definition) is 3. The molecule has 0 saturated heterocycles. The summed E-state index contributed by atoms with van der Waals surface area (Å²) in [5.74, 6) is 0.0277. The number of carbonyl (C=O) groups is 1. The molecule has 4 nitrogen and oxygen atoms in total.